The third-order valence-electron chi connectivity index (χ3n) is 3.50. The molecule has 1 aliphatic heterocycles. The highest BCUT2D eigenvalue weighted by Crippen LogP contribution is 2.25. The van der Waals surface area contributed by atoms with Gasteiger partial charge in [0.15, 0.2) is 0 Å². The summed E-state index contributed by atoms with van der Waals surface area (Å²) in [6.07, 6.45) is 8.17. The van der Waals surface area contributed by atoms with E-state index in [1.165, 1.54) is 35.6 Å². The van der Waals surface area contributed by atoms with Gasteiger partial charge < -0.3 is 4.40 Å². The molecule has 0 bridgehead atoms. The molecule has 2 aromatic rings. The minimum Gasteiger partial charge on any atom is -0.307 e. The van der Waals surface area contributed by atoms with Crippen molar-refractivity contribution in [2.24, 2.45) is 5.92 Å². The number of hydrogen-bond acceptors (Lipinski definition) is 2. The maximum atomic E-state index is 4.72. The number of rotatable bonds is 2. The molecule has 1 aliphatic rings. The second-order valence-electron chi connectivity index (χ2n) is 4.96. The molecule has 90 valence electrons. The van der Waals surface area contributed by atoms with Crippen molar-refractivity contribution >= 4 is 17.4 Å². The summed E-state index contributed by atoms with van der Waals surface area (Å²) in [5.41, 5.74) is 3.63. The van der Waals surface area contributed by atoms with Crippen molar-refractivity contribution in [3.05, 3.63) is 35.8 Å². The van der Waals surface area contributed by atoms with Gasteiger partial charge in [-0.1, -0.05) is 0 Å². The van der Waals surface area contributed by atoms with Crippen LogP contribution in [-0.4, -0.2) is 20.9 Å². The zero-order chi connectivity index (χ0) is 11.7. The van der Waals surface area contributed by atoms with Crippen LogP contribution in [0.3, 0.4) is 0 Å². The summed E-state index contributed by atoms with van der Waals surface area (Å²) in [4.78, 5) is 4.72. The normalized spacial score (nSPS) is 17.7. The minimum absolute atomic E-state index is 0.849. The molecule has 0 amide bonds. The van der Waals surface area contributed by atoms with Gasteiger partial charge >= 0.3 is 0 Å². The first-order valence-corrected chi connectivity index (χ1v) is 7.49. The highest BCUT2D eigenvalue weighted by molar-refractivity contribution is 7.99. The Hall–Kier alpha value is -0.960. The molecular formula is C14H18N2S. The fourth-order valence-corrected chi connectivity index (χ4v) is 3.69. The Morgan fingerprint density at radius 3 is 3.06 bits per heavy atom. The Bertz CT molecular complexity index is 512. The SMILES string of the molecule is Cc1ccn2cc(CC3CCSCC3)nc2c1. The van der Waals surface area contributed by atoms with Crippen molar-refractivity contribution in [2.45, 2.75) is 26.2 Å². The van der Waals surface area contributed by atoms with E-state index >= 15 is 0 Å². The van der Waals surface area contributed by atoms with E-state index in [0.29, 0.717) is 0 Å². The zero-order valence-electron chi connectivity index (χ0n) is 10.2. The molecule has 3 heteroatoms. The van der Waals surface area contributed by atoms with Gasteiger partial charge in [-0.15, -0.1) is 0 Å². The third kappa shape index (κ3) is 2.49. The van der Waals surface area contributed by atoms with Gasteiger partial charge in [0.2, 0.25) is 0 Å². The summed E-state index contributed by atoms with van der Waals surface area (Å²) in [6, 6.07) is 4.29. The molecule has 0 spiro atoms. The highest BCUT2D eigenvalue weighted by atomic mass is 32.2. The molecule has 3 heterocycles. The quantitative estimate of drug-likeness (QED) is 0.808. The number of imidazole rings is 1. The Kier molecular flexibility index (Phi) is 3.10. The second kappa shape index (κ2) is 4.73. The molecule has 0 unspecified atom stereocenters. The van der Waals surface area contributed by atoms with E-state index in [4.69, 9.17) is 4.98 Å². The summed E-state index contributed by atoms with van der Waals surface area (Å²) >= 11 is 2.09. The average molecular weight is 246 g/mol. The Balaban J connectivity index is 1.80. The number of aromatic nitrogens is 2. The van der Waals surface area contributed by atoms with Crippen molar-refractivity contribution in [1.29, 1.82) is 0 Å². The Labute approximate surface area is 106 Å². The Morgan fingerprint density at radius 1 is 1.41 bits per heavy atom. The monoisotopic (exact) mass is 246 g/mol. The number of thioether (sulfide) groups is 1. The topological polar surface area (TPSA) is 17.3 Å². The maximum absolute atomic E-state index is 4.72. The van der Waals surface area contributed by atoms with Crippen molar-refractivity contribution in [3.8, 4) is 0 Å². The summed E-state index contributed by atoms with van der Waals surface area (Å²) in [5, 5.41) is 0. The molecule has 1 saturated heterocycles. The largest absolute Gasteiger partial charge is 0.307 e. The van der Waals surface area contributed by atoms with Crippen molar-refractivity contribution < 1.29 is 0 Å². The Morgan fingerprint density at radius 2 is 2.24 bits per heavy atom. The van der Waals surface area contributed by atoms with Crippen LogP contribution in [0.5, 0.6) is 0 Å². The summed E-state index contributed by atoms with van der Waals surface area (Å²) in [5.74, 6) is 3.51. The third-order valence-corrected chi connectivity index (χ3v) is 4.55. The fraction of sp³-hybridized carbons (Fsp3) is 0.500. The van der Waals surface area contributed by atoms with Gasteiger partial charge in [0.25, 0.3) is 0 Å². The van der Waals surface area contributed by atoms with Gasteiger partial charge in [-0.2, -0.15) is 11.8 Å². The average Bonchev–Trinajstić information content (AvgIpc) is 2.71. The van der Waals surface area contributed by atoms with Gasteiger partial charge in [0.1, 0.15) is 5.65 Å². The molecule has 2 aromatic heterocycles. The van der Waals surface area contributed by atoms with Gasteiger partial charge in [-0.3, -0.25) is 0 Å². The molecule has 1 fully saturated rings. The highest BCUT2D eigenvalue weighted by Gasteiger charge is 2.15. The van der Waals surface area contributed by atoms with Crippen LogP contribution in [0.15, 0.2) is 24.5 Å². The van der Waals surface area contributed by atoms with Crippen LogP contribution in [0.4, 0.5) is 0 Å². The van der Waals surface area contributed by atoms with Crippen LogP contribution in [0.25, 0.3) is 5.65 Å². The number of pyridine rings is 1. The molecule has 3 rings (SSSR count). The molecule has 2 nitrogen and oxygen atoms in total. The van der Waals surface area contributed by atoms with Gasteiger partial charge in [-0.25, -0.2) is 4.98 Å². The van der Waals surface area contributed by atoms with Crippen molar-refractivity contribution in [2.75, 3.05) is 11.5 Å². The van der Waals surface area contributed by atoms with E-state index in [1.54, 1.807) is 0 Å². The lowest BCUT2D eigenvalue weighted by atomic mass is 9.97. The zero-order valence-corrected chi connectivity index (χ0v) is 11.0. The first kappa shape index (κ1) is 11.1. The first-order valence-electron chi connectivity index (χ1n) is 6.33. The predicted molar refractivity (Wildman–Crippen MR) is 73.7 cm³/mol. The number of aryl methyl sites for hydroxylation is 1. The number of nitrogens with zero attached hydrogens (tertiary/aromatic N) is 2. The lowest BCUT2D eigenvalue weighted by molar-refractivity contribution is 0.483. The van der Waals surface area contributed by atoms with Crippen LogP contribution in [0.2, 0.25) is 0 Å². The van der Waals surface area contributed by atoms with Gasteiger partial charge in [0.05, 0.1) is 5.69 Å². The minimum atomic E-state index is 0.849. The first-order chi connectivity index (χ1) is 8.31. The van der Waals surface area contributed by atoms with Crippen LogP contribution >= 0.6 is 11.8 Å². The molecule has 0 atom stereocenters. The van der Waals surface area contributed by atoms with Crippen LogP contribution in [0.1, 0.15) is 24.1 Å². The predicted octanol–water partition coefficient (Wildman–Crippen LogP) is 3.33. The number of fused-ring (bicyclic) bond motifs is 1. The molecule has 0 aliphatic carbocycles. The molecule has 0 N–H and O–H groups in total. The molecule has 17 heavy (non-hydrogen) atoms. The fourth-order valence-electron chi connectivity index (χ4n) is 2.48. The molecule has 0 radical (unpaired) electrons. The summed E-state index contributed by atoms with van der Waals surface area (Å²) < 4.78 is 2.14. The van der Waals surface area contributed by atoms with E-state index in [9.17, 15) is 0 Å². The molecule has 0 saturated carbocycles. The van der Waals surface area contributed by atoms with E-state index in [2.05, 4.69) is 47.6 Å². The van der Waals surface area contributed by atoms with E-state index < -0.39 is 0 Å². The summed E-state index contributed by atoms with van der Waals surface area (Å²) in [7, 11) is 0. The van der Waals surface area contributed by atoms with Crippen molar-refractivity contribution in [1.82, 2.24) is 9.38 Å². The van der Waals surface area contributed by atoms with E-state index in [1.807, 2.05) is 0 Å². The summed E-state index contributed by atoms with van der Waals surface area (Å²) in [6.45, 7) is 2.12. The van der Waals surface area contributed by atoms with Crippen LogP contribution in [0, 0.1) is 12.8 Å². The van der Waals surface area contributed by atoms with E-state index in [-0.39, 0.29) is 0 Å². The number of hydrogen-bond donors (Lipinski definition) is 0. The lowest BCUT2D eigenvalue weighted by Gasteiger charge is -2.19. The van der Waals surface area contributed by atoms with Gasteiger partial charge in [0, 0.05) is 12.4 Å². The van der Waals surface area contributed by atoms with Crippen LogP contribution in [-0.2, 0) is 6.42 Å². The maximum Gasteiger partial charge on any atom is 0.137 e. The van der Waals surface area contributed by atoms with E-state index in [0.717, 1.165) is 18.0 Å². The smallest absolute Gasteiger partial charge is 0.137 e. The van der Waals surface area contributed by atoms with Gasteiger partial charge in [-0.05, 0) is 61.3 Å². The molecule has 0 aromatic carbocycles. The second-order valence-corrected chi connectivity index (χ2v) is 6.19. The molecular weight excluding hydrogens is 228 g/mol. The standard InChI is InChI=1S/C14H18N2S/c1-11-2-5-16-10-13(15-14(16)8-11)9-12-3-6-17-7-4-12/h2,5,8,10,12H,3-4,6-7,9H2,1H3. The lowest BCUT2D eigenvalue weighted by Crippen LogP contribution is -2.12. The van der Waals surface area contributed by atoms with Crippen LogP contribution < -0.4 is 0 Å². The van der Waals surface area contributed by atoms with Crippen molar-refractivity contribution in [3.63, 3.8) is 0 Å².